The third-order valence-electron chi connectivity index (χ3n) is 2.17. The van der Waals surface area contributed by atoms with Crippen molar-refractivity contribution in [2.24, 2.45) is 5.90 Å². The van der Waals surface area contributed by atoms with Crippen LogP contribution < -0.4 is 5.90 Å². The molecule has 0 aromatic heterocycles. The van der Waals surface area contributed by atoms with E-state index in [2.05, 4.69) is 43.0 Å². The van der Waals surface area contributed by atoms with Crippen molar-refractivity contribution in [2.75, 3.05) is 6.61 Å². The van der Waals surface area contributed by atoms with Crippen LogP contribution in [0.1, 0.15) is 30.9 Å². The van der Waals surface area contributed by atoms with Crippen LogP contribution in [-0.2, 0) is 11.3 Å². The summed E-state index contributed by atoms with van der Waals surface area (Å²) in [6.07, 6.45) is 0.894. The minimum atomic E-state index is 0.564. The second-order valence-electron chi connectivity index (χ2n) is 3.47. The zero-order chi connectivity index (χ0) is 9.68. The summed E-state index contributed by atoms with van der Waals surface area (Å²) in [5.41, 5.74) is 2.72. The van der Waals surface area contributed by atoms with E-state index in [9.17, 15) is 0 Å². The quantitative estimate of drug-likeness (QED) is 0.719. The summed E-state index contributed by atoms with van der Waals surface area (Å²) in [6.45, 7) is 4.98. The van der Waals surface area contributed by atoms with Crippen LogP contribution in [0.4, 0.5) is 0 Å². The summed E-state index contributed by atoms with van der Waals surface area (Å²) < 4.78 is 0. The zero-order valence-corrected chi connectivity index (χ0v) is 8.29. The first-order valence-electron chi connectivity index (χ1n) is 4.65. The molecule has 1 rings (SSSR count). The lowest BCUT2D eigenvalue weighted by atomic mass is 9.96. The van der Waals surface area contributed by atoms with Crippen LogP contribution in [-0.4, -0.2) is 6.61 Å². The van der Waals surface area contributed by atoms with Gasteiger partial charge >= 0.3 is 0 Å². The van der Waals surface area contributed by atoms with Gasteiger partial charge in [-0.05, 0) is 23.5 Å². The number of hydrogen-bond acceptors (Lipinski definition) is 2. The van der Waals surface area contributed by atoms with E-state index < -0.39 is 0 Å². The van der Waals surface area contributed by atoms with Crippen molar-refractivity contribution in [1.82, 2.24) is 0 Å². The molecule has 0 saturated heterocycles. The first-order chi connectivity index (χ1) is 6.25. The average molecular weight is 179 g/mol. The fourth-order valence-electron chi connectivity index (χ4n) is 1.49. The Bertz CT molecular complexity index is 258. The van der Waals surface area contributed by atoms with Gasteiger partial charge in [0.15, 0.2) is 0 Å². The Morgan fingerprint density at radius 1 is 1.31 bits per heavy atom. The van der Waals surface area contributed by atoms with Crippen LogP contribution in [0.2, 0.25) is 0 Å². The van der Waals surface area contributed by atoms with Crippen molar-refractivity contribution in [3.63, 3.8) is 0 Å². The van der Waals surface area contributed by atoms with Crippen LogP contribution in [0.3, 0.4) is 0 Å². The lowest BCUT2D eigenvalue weighted by Gasteiger charge is -2.11. The second kappa shape index (κ2) is 5.00. The number of hydrogen-bond donors (Lipinski definition) is 1. The first-order valence-corrected chi connectivity index (χ1v) is 4.65. The van der Waals surface area contributed by atoms with Gasteiger partial charge in [0.2, 0.25) is 0 Å². The second-order valence-corrected chi connectivity index (χ2v) is 3.47. The van der Waals surface area contributed by atoms with Gasteiger partial charge in [0, 0.05) is 0 Å². The summed E-state index contributed by atoms with van der Waals surface area (Å²) in [4.78, 5) is 4.58. The fraction of sp³-hybridized carbons (Fsp3) is 0.455. The van der Waals surface area contributed by atoms with E-state index in [0.29, 0.717) is 12.5 Å². The van der Waals surface area contributed by atoms with E-state index in [1.165, 1.54) is 11.1 Å². The van der Waals surface area contributed by atoms with Gasteiger partial charge in [-0.25, -0.2) is 5.90 Å². The molecule has 0 aliphatic rings. The van der Waals surface area contributed by atoms with Gasteiger partial charge in [-0.1, -0.05) is 38.1 Å². The van der Waals surface area contributed by atoms with E-state index in [0.717, 1.165) is 6.42 Å². The predicted octanol–water partition coefficient (Wildman–Crippen LogP) is 2.24. The predicted molar refractivity (Wildman–Crippen MR) is 54.4 cm³/mol. The summed E-state index contributed by atoms with van der Waals surface area (Å²) in [5, 5.41) is 0. The van der Waals surface area contributed by atoms with Crippen LogP contribution in [0.5, 0.6) is 0 Å². The Balaban J connectivity index is 2.78. The molecule has 1 aromatic carbocycles. The van der Waals surface area contributed by atoms with Crippen LogP contribution in [0.25, 0.3) is 0 Å². The van der Waals surface area contributed by atoms with Gasteiger partial charge in [0.1, 0.15) is 0 Å². The number of nitrogens with two attached hydrogens (primary N) is 1. The van der Waals surface area contributed by atoms with E-state index >= 15 is 0 Å². The van der Waals surface area contributed by atoms with Crippen LogP contribution in [0.15, 0.2) is 24.3 Å². The van der Waals surface area contributed by atoms with Crippen molar-refractivity contribution in [3.8, 4) is 0 Å². The fourth-order valence-corrected chi connectivity index (χ4v) is 1.49. The van der Waals surface area contributed by atoms with Crippen molar-refractivity contribution in [3.05, 3.63) is 35.4 Å². The Morgan fingerprint density at radius 2 is 2.00 bits per heavy atom. The summed E-state index contributed by atoms with van der Waals surface area (Å²) in [5.74, 6) is 5.57. The number of benzene rings is 1. The van der Waals surface area contributed by atoms with Gasteiger partial charge in [-0.15, -0.1) is 0 Å². The van der Waals surface area contributed by atoms with Crippen molar-refractivity contribution in [1.29, 1.82) is 0 Å². The van der Waals surface area contributed by atoms with Gasteiger partial charge in [0.25, 0.3) is 0 Å². The highest BCUT2D eigenvalue weighted by Gasteiger charge is 2.04. The zero-order valence-electron chi connectivity index (χ0n) is 8.29. The lowest BCUT2D eigenvalue weighted by molar-refractivity contribution is 0.141. The molecule has 0 amide bonds. The van der Waals surface area contributed by atoms with Crippen LogP contribution in [0, 0.1) is 0 Å². The molecule has 0 unspecified atom stereocenters. The molecule has 0 saturated carbocycles. The Kier molecular flexibility index (Phi) is 3.93. The molecule has 0 fully saturated rings. The Hall–Kier alpha value is -0.860. The van der Waals surface area contributed by atoms with Crippen LogP contribution >= 0.6 is 0 Å². The topological polar surface area (TPSA) is 35.2 Å². The molecular formula is C11H17NO. The molecule has 13 heavy (non-hydrogen) atoms. The van der Waals surface area contributed by atoms with Gasteiger partial charge < -0.3 is 4.84 Å². The molecule has 2 nitrogen and oxygen atoms in total. The van der Waals surface area contributed by atoms with E-state index in [4.69, 9.17) is 5.90 Å². The minimum Gasteiger partial charge on any atom is -0.304 e. The van der Waals surface area contributed by atoms with Crippen molar-refractivity contribution >= 4 is 0 Å². The molecule has 0 aliphatic carbocycles. The molecule has 0 aliphatic heterocycles. The first kappa shape index (κ1) is 10.2. The molecule has 0 radical (unpaired) electrons. The van der Waals surface area contributed by atoms with E-state index in [-0.39, 0.29) is 0 Å². The number of rotatable bonds is 4. The Labute approximate surface area is 79.7 Å². The molecule has 1 aromatic rings. The smallest absolute Gasteiger partial charge is 0.0719 e. The average Bonchev–Trinajstić information content (AvgIpc) is 2.15. The standard InChI is InChI=1S/C11H17NO/c1-9(2)11-6-4-3-5-10(11)7-8-13-12/h3-6,9H,7-8,12H2,1-2H3. The highest BCUT2D eigenvalue weighted by Crippen LogP contribution is 2.19. The minimum absolute atomic E-state index is 0.564. The third-order valence-corrected chi connectivity index (χ3v) is 2.17. The van der Waals surface area contributed by atoms with Gasteiger partial charge in [0.05, 0.1) is 6.61 Å². The van der Waals surface area contributed by atoms with E-state index in [1.807, 2.05) is 0 Å². The maximum absolute atomic E-state index is 5.00. The Morgan fingerprint density at radius 3 is 2.62 bits per heavy atom. The lowest BCUT2D eigenvalue weighted by Crippen LogP contribution is -2.06. The highest BCUT2D eigenvalue weighted by molar-refractivity contribution is 5.29. The molecule has 0 heterocycles. The summed E-state index contributed by atoms with van der Waals surface area (Å²) in [6, 6.07) is 8.42. The molecule has 0 atom stereocenters. The summed E-state index contributed by atoms with van der Waals surface area (Å²) >= 11 is 0. The van der Waals surface area contributed by atoms with E-state index in [1.54, 1.807) is 0 Å². The highest BCUT2D eigenvalue weighted by atomic mass is 16.6. The SMILES string of the molecule is CC(C)c1ccccc1CCON. The molecule has 0 spiro atoms. The largest absolute Gasteiger partial charge is 0.304 e. The maximum Gasteiger partial charge on any atom is 0.0719 e. The normalized spacial score (nSPS) is 10.8. The maximum atomic E-state index is 5.00. The summed E-state index contributed by atoms with van der Waals surface area (Å²) in [7, 11) is 0. The van der Waals surface area contributed by atoms with Crippen molar-refractivity contribution < 1.29 is 4.84 Å². The van der Waals surface area contributed by atoms with Gasteiger partial charge in [-0.2, -0.15) is 0 Å². The molecule has 72 valence electrons. The molecule has 0 bridgehead atoms. The van der Waals surface area contributed by atoms with Crippen molar-refractivity contribution in [2.45, 2.75) is 26.2 Å². The monoisotopic (exact) mass is 179 g/mol. The van der Waals surface area contributed by atoms with Gasteiger partial charge in [-0.3, -0.25) is 0 Å². The molecule has 2 N–H and O–H groups in total. The molecular weight excluding hydrogens is 162 g/mol. The molecule has 2 heteroatoms. The third kappa shape index (κ3) is 2.83.